The van der Waals surface area contributed by atoms with Crippen LogP contribution in [-0.2, 0) is 0 Å². The Labute approximate surface area is 91.3 Å². The summed E-state index contributed by atoms with van der Waals surface area (Å²) in [6, 6.07) is 8.47. The fourth-order valence-corrected chi connectivity index (χ4v) is 1.79. The molecular weight excluding hydrogens is 190 g/mol. The highest BCUT2D eigenvalue weighted by atomic mass is 32.2. The summed E-state index contributed by atoms with van der Waals surface area (Å²) in [7, 11) is 0. The molecule has 2 heteroatoms. The lowest BCUT2D eigenvalue weighted by molar-refractivity contribution is 0.593. The van der Waals surface area contributed by atoms with Crippen LogP contribution in [0.15, 0.2) is 29.2 Å². The van der Waals surface area contributed by atoms with E-state index in [9.17, 15) is 0 Å². The van der Waals surface area contributed by atoms with Gasteiger partial charge in [-0.15, -0.1) is 11.8 Å². The van der Waals surface area contributed by atoms with Gasteiger partial charge in [-0.25, -0.2) is 0 Å². The van der Waals surface area contributed by atoms with E-state index >= 15 is 0 Å². The fraction of sp³-hybridized carbons (Fsp3) is 0.500. The molecule has 1 N–H and O–H groups in total. The van der Waals surface area contributed by atoms with Crippen molar-refractivity contribution in [2.24, 2.45) is 5.92 Å². The monoisotopic (exact) mass is 209 g/mol. The fourth-order valence-electron chi connectivity index (χ4n) is 1.22. The zero-order valence-corrected chi connectivity index (χ0v) is 10.0. The van der Waals surface area contributed by atoms with Crippen LogP contribution in [0.1, 0.15) is 20.3 Å². The van der Waals surface area contributed by atoms with Crippen LogP contribution in [0.4, 0.5) is 5.69 Å². The molecule has 0 aromatic heterocycles. The molecule has 1 aromatic carbocycles. The molecule has 0 bridgehead atoms. The molecule has 0 aliphatic carbocycles. The SMILES string of the molecule is CC[C@@H](C)CNc1ccccc1SC. The molecule has 14 heavy (non-hydrogen) atoms. The van der Waals surface area contributed by atoms with E-state index in [1.54, 1.807) is 11.8 Å². The smallest absolute Gasteiger partial charge is 0.0478 e. The molecule has 0 saturated heterocycles. The summed E-state index contributed by atoms with van der Waals surface area (Å²) in [6.07, 6.45) is 3.35. The topological polar surface area (TPSA) is 12.0 Å². The first-order chi connectivity index (χ1) is 6.77. The third-order valence-corrected chi connectivity index (χ3v) is 3.24. The van der Waals surface area contributed by atoms with Gasteiger partial charge in [-0.05, 0) is 24.3 Å². The highest BCUT2D eigenvalue weighted by Crippen LogP contribution is 2.24. The molecule has 0 fully saturated rings. The summed E-state index contributed by atoms with van der Waals surface area (Å²) < 4.78 is 0. The molecule has 1 rings (SSSR count). The lowest BCUT2D eigenvalue weighted by Gasteiger charge is -2.13. The maximum absolute atomic E-state index is 3.49. The molecule has 1 atom stereocenters. The molecule has 0 radical (unpaired) electrons. The van der Waals surface area contributed by atoms with E-state index in [2.05, 4.69) is 49.7 Å². The van der Waals surface area contributed by atoms with Gasteiger partial charge in [-0.3, -0.25) is 0 Å². The third-order valence-electron chi connectivity index (χ3n) is 2.44. The number of rotatable bonds is 5. The number of anilines is 1. The molecule has 0 saturated carbocycles. The maximum atomic E-state index is 3.49. The summed E-state index contributed by atoms with van der Waals surface area (Å²) >= 11 is 1.79. The number of hydrogen-bond acceptors (Lipinski definition) is 2. The van der Waals surface area contributed by atoms with Crippen LogP contribution < -0.4 is 5.32 Å². The van der Waals surface area contributed by atoms with Crippen molar-refractivity contribution in [3.63, 3.8) is 0 Å². The quantitative estimate of drug-likeness (QED) is 0.739. The van der Waals surface area contributed by atoms with Crippen LogP contribution in [0.25, 0.3) is 0 Å². The lowest BCUT2D eigenvalue weighted by Crippen LogP contribution is -2.10. The van der Waals surface area contributed by atoms with Gasteiger partial charge in [0.1, 0.15) is 0 Å². The van der Waals surface area contributed by atoms with Crippen molar-refractivity contribution in [3.8, 4) is 0 Å². The first-order valence-electron chi connectivity index (χ1n) is 5.14. The first kappa shape index (κ1) is 11.4. The van der Waals surface area contributed by atoms with Crippen molar-refractivity contribution < 1.29 is 0 Å². The molecule has 1 nitrogen and oxygen atoms in total. The van der Waals surface area contributed by atoms with Crippen molar-refractivity contribution >= 4 is 17.4 Å². The highest BCUT2D eigenvalue weighted by Gasteiger charge is 2.01. The number of hydrogen-bond donors (Lipinski definition) is 1. The summed E-state index contributed by atoms with van der Waals surface area (Å²) in [5.74, 6) is 0.741. The van der Waals surface area contributed by atoms with Crippen molar-refractivity contribution in [1.82, 2.24) is 0 Å². The van der Waals surface area contributed by atoms with E-state index in [0.717, 1.165) is 12.5 Å². The van der Waals surface area contributed by atoms with E-state index in [1.807, 2.05) is 0 Å². The first-order valence-corrected chi connectivity index (χ1v) is 6.37. The van der Waals surface area contributed by atoms with Gasteiger partial charge in [0.2, 0.25) is 0 Å². The van der Waals surface area contributed by atoms with E-state index in [0.29, 0.717) is 0 Å². The number of para-hydroxylation sites is 1. The van der Waals surface area contributed by atoms with Crippen LogP contribution in [0.5, 0.6) is 0 Å². The van der Waals surface area contributed by atoms with Crippen LogP contribution in [-0.4, -0.2) is 12.8 Å². The minimum atomic E-state index is 0.741. The van der Waals surface area contributed by atoms with Crippen molar-refractivity contribution in [3.05, 3.63) is 24.3 Å². The average molecular weight is 209 g/mol. The number of benzene rings is 1. The minimum absolute atomic E-state index is 0.741. The standard InChI is InChI=1S/C12H19NS/c1-4-10(2)9-13-11-7-5-6-8-12(11)14-3/h5-8,10,13H,4,9H2,1-3H3/t10-/m1/s1. The molecule has 78 valence electrons. The van der Waals surface area contributed by atoms with Crippen LogP contribution in [0.3, 0.4) is 0 Å². The number of nitrogens with one attached hydrogen (secondary N) is 1. The van der Waals surface area contributed by atoms with E-state index in [-0.39, 0.29) is 0 Å². The van der Waals surface area contributed by atoms with Gasteiger partial charge in [0, 0.05) is 17.1 Å². The van der Waals surface area contributed by atoms with Crippen molar-refractivity contribution in [2.75, 3.05) is 18.1 Å². The third kappa shape index (κ3) is 3.26. The molecule has 1 aromatic rings. The Kier molecular flexibility index (Phi) is 4.88. The molecule has 0 heterocycles. The van der Waals surface area contributed by atoms with Gasteiger partial charge >= 0.3 is 0 Å². The Bertz CT molecular complexity index is 273. The predicted molar refractivity (Wildman–Crippen MR) is 66.2 cm³/mol. The molecule has 0 unspecified atom stereocenters. The Hall–Kier alpha value is -0.630. The second-order valence-corrected chi connectivity index (χ2v) is 4.44. The maximum Gasteiger partial charge on any atom is 0.0478 e. The van der Waals surface area contributed by atoms with Gasteiger partial charge in [0.05, 0.1) is 0 Å². The van der Waals surface area contributed by atoms with Gasteiger partial charge < -0.3 is 5.32 Å². The molecule has 0 amide bonds. The molecule has 0 aliphatic heterocycles. The van der Waals surface area contributed by atoms with Gasteiger partial charge in [0.25, 0.3) is 0 Å². The zero-order valence-electron chi connectivity index (χ0n) is 9.21. The largest absolute Gasteiger partial charge is 0.384 e. The van der Waals surface area contributed by atoms with E-state index < -0.39 is 0 Å². The molecule has 0 spiro atoms. The number of thioether (sulfide) groups is 1. The molecule has 0 aliphatic rings. The second kappa shape index (κ2) is 5.97. The zero-order chi connectivity index (χ0) is 10.4. The molecular formula is C12H19NS. The van der Waals surface area contributed by atoms with E-state index in [1.165, 1.54) is 17.0 Å². The summed E-state index contributed by atoms with van der Waals surface area (Å²) in [4.78, 5) is 1.33. The van der Waals surface area contributed by atoms with Gasteiger partial charge in [0.15, 0.2) is 0 Å². The summed E-state index contributed by atoms with van der Waals surface area (Å²) in [5.41, 5.74) is 1.26. The van der Waals surface area contributed by atoms with Crippen molar-refractivity contribution in [1.29, 1.82) is 0 Å². The van der Waals surface area contributed by atoms with Crippen LogP contribution >= 0.6 is 11.8 Å². The Balaban J connectivity index is 2.57. The summed E-state index contributed by atoms with van der Waals surface area (Å²) in [6.45, 7) is 5.57. The lowest BCUT2D eigenvalue weighted by atomic mass is 10.1. The van der Waals surface area contributed by atoms with Crippen molar-refractivity contribution in [2.45, 2.75) is 25.2 Å². The average Bonchev–Trinajstić information content (AvgIpc) is 2.26. The predicted octanol–water partition coefficient (Wildman–Crippen LogP) is 3.87. The normalized spacial score (nSPS) is 12.5. The summed E-state index contributed by atoms with van der Waals surface area (Å²) in [5, 5.41) is 3.49. The second-order valence-electron chi connectivity index (χ2n) is 3.59. The van der Waals surface area contributed by atoms with E-state index in [4.69, 9.17) is 0 Å². The Morgan fingerprint density at radius 1 is 1.36 bits per heavy atom. The van der Waals surface area contributed by atoms with Crippen LogP contribution in [0, 0.1) is 5.92 Å². The van der Waals surface area contributed by atoms with Gasteiger partial charge in [-0.1, -0.05) is 32.4 Å². The minimum Gasteiger partial charge on any atom is -0.384 e. The van der Waals surface area contributed by atoms with Gasteiger partial charge in [-0.2, -0.15) is 0 Å². The van der Waals surface area contributed by atoms with Crippen LogP contribution in [0.2, 0.25) is 0 Å². The Morgan fingerprint density at radius 2 is 2.07 bits per heavy atom. The highest BCUT2D eigenvalue weighted by molar-refractivity contribution is 7.98. The Morgan fingerprint density at radius 3 is 2.71 bits per heavy atom.